The molecule has 0 aromatic heterocycles. The van der Waals surface area contributed by atoms with Gasteiger partial charge in [-0.2, -0.15) is 0 Å². The minimum absolute atomic E-state index is 0.516. The zero-order chi connectivity index (χ0) is 8.81. The molecule has 0 saturated carbocycles. The number of rotatable bonds is 7. The van der Waals surface area contributed by atoms with E-state index in [1.807, 2.05) is 6.08 Å². The summed E-state index contributed by atoms with van der Waals surface area (Å²) < 4.78 is 5.19. The Hall–Kier alpha value is -0.340. The van der Waals surface area contributed by atoms with Gasteiger partial charge in [0.1, 0.15) is 0 Å². The Labute approximate surface area is 75.2 Å². The first kappa shape index (κ1) is 9.75. The van der Waals surface area contributed by atoms with Crippen molar-refractivity contribution in [1.29, 1.82) is 0 Å². The second-order valence-corrected chi connectivity index (χ2v) is 3.36. The van der Waals surface area contributed by atoms with Crippen molar-refractivity contribution in [2.24, 2.45) is 0 Å². The molecule has 0 N–H and O–H groups in total. The molecule has 0 spiro atoms. The topological polar surface area (TPSA) is 15.8 Å². The van der Waals surface area contributed by atoms with E-state index in [9.17, 15) is 0 Å². The molecular formula is C10H19NO. The van der Waals surface area contributed by atoms with E-state index in [-0.39, 0.29) is 0 Å². The maximum absolute atomic E-state index is 5.19. The molecule has 1 atom stereocenters. The molecule has 1 rings (SSSR count). The summed E-state index contributed by atoms with van der Waals surface area (Å²) in [5.41, 5.74) is 0. The third-order valence-electron chi connectivity index (χ3n) is 2.08. The van der Waals surface area contributed by atoms with E-state index in [0.717, 1.165) is 19.7 Å². The van der Waals surface area contributed by atoms with E-state index in [4.69, 9.17) is 4.74 Å². The Morgan fingerprint density at radius 1 is 1.67 bits per heavy atom. The molecule has 0 aromatic carbocycles. The third-order valence-corrected chi connectivity index (χ3v) is 2.08. The summed E-state index contributed by atoms with van der Waals surface area (Å²) >= 11 is 0. The molecule has 12 heavy (non-hydrogen) atoms. The molecule has 0 aromatic rings. The molecule has 1 unspecified atom stereocenters. The van der Waals surface area contributed by atoms with Crippen LogP contribution in [0.25, 0.3) is 0 Å². The summed E-state index contributed by atoms with van der Waals surface area (Å²) in [5, 5.41) is 0. The van der Waals surface area contributed by atoms with Crippen molar-refractivity contribution in [3.05, 3.63) is 12.7 Å². The fraction of sp³-hybridized carbons (Fsp3) is 0.800. The van der Waals surface area contributed by atoms with Crippen LogP contribution in [0.15, 0.2) is 12.7 Å². The summed E-state index contributed by atoms with van der Waals surface area (Å²) in [6, 6.07) is 0. The predicted molar refractivity (Wildman–Crippen MR) is 51.3 cm³/mol. The second-order valence-electron chi connectivity index (χ2n) is 3.36. The fourth-order valence-corrected chi connectivity index (χ4v) is 1.28. The van der Waals surface area contributed by atoms with Crippen LogP contribution in [0.1, 0.15) is 19.8 Å². The third kappa shape index (κ3) is 3.88. The Bertz CT molecular complexity index is 132. The smallest absolute Gasteiger partial charge is 0.0936 e. The molecule has 0 amide bonds. The molecule has 0 bridgehead atoms. The van der Waals surface area contributed by atoms with Crippen LogP contribution in [0, 0.1) is 0 Å². The van der Waals surface area contributed by atoms with Crippen molar-refractivity contribution in [2.45, 2.75) is 25.9 Å². The Morgan fingerprint density at radius 3 is 2.92 bits per heavy atom. The molecule has 1 fully saturated rings. The van der Waals surface area contributed by atoms with Gasteiger partial charge in [-0.25, -0.2) is 0 Å². The SMILES string of the molecule is C=CCN(CCCC)CC1CO1. The van der Waals surface area contributed by atoms with Crippen LogP contribution < -0.4 is 0 Å². The number of hydrogen-bond acceptors (Lipinski definition) is 2. The highest BCUT2D eigenvalue weighted by atomic mass is 16.6. The van der Waals surface area contributed by atoms with E-state index < -0.39 is 0 Å². The van der Waals surface area contributed by atoms with Gasteiger partial charge >= 0.3 is 0 Å². The number of ether oxygens (including phenoxy) is 1. The molecule has 1 heterocycles. The zero-order valence-corrected chi connectivity index (χ0v) is 7.96. The second kappa shape index (κ2) is 5.33. The number of unbranched alkanes of at least 4 members (excludes halogenated alkanes) is 1. The summed E-state index contributed by atoms with van der Waals surface area (Å²) in [5.74, 6) is 0. The first-order chi connectivity index (χ1) is 5.86. The summed E-state index contributed by atoms with van der Waals surface area (Å²) in [7, 11) is 0. The highest BCUT2D eigenvalue weighted by molar-refractivity contribution is 4.79. The number of nitrogens with zero attached hydrogens (tertiary/aromatic N) is 1. The van der Waals surface area contributed by atoms with Crippen molar-refractivity contribution in [2.75, 3.05) is 26.2 Å². The molecule has 2 heteroatoms. The van der Waals surface area contributed by atoms with E-state index in [2.05, 4.69) is 18.4 Å². The van der Waals surface area contributed by atoms with Crippen molar-refractivity contribution in [3.63, 3.8) is 0 Å². The quantitative estimate of drug-likeness (QED) is 0.425. The largest absolute Gasteiger partial charge is 0.372 e. The van der Waals surface area contributed by atoms with Gasteiger partial charge in [-0.3, -0.25) is 4.90 Å². The van der Waals surface area contributed by atoms with Gasteiger partial charge in [-0.1, -0.05) is 19.4 Å². The lowest BCUT2D eigenvalue weighted by atomic mass is 10.3. The molecule has 1 saturated heterocycles. The van der Waals surface area contributed by atoms with Gasteiger partial charge in [0, 0.05) is 13.1 Å². The maximum atomic E-state index is 5.19. The van der Waals surface area contributed by atoms with Gasteiger partial charge in [0.2, 0.25) is 0 Å². The van der Waals surface area contributed by atoms with Crippen molar-refractivity contribution >= 4 is 0 Å². The molecule has 2 nitrogen and oxygen atoms in total. The van der Waals surface area contributed by atoms with E-state index in [1.54, 1.807) is 0 Å². The minimum atomic E-state index is 0.516. The van der Waals surface area contributed by atoms with Crippen LogP contribution in [-0.4, -0.2) is 37.2 Å². The minimum Gasteiger partial charge on any atom is -0.372 e. The van der Waals surface area contributed by atoms with Crippen molar-refractivity contribution < 1.29 is 4.74 Å². The highest BCUT2D eigenvalue weighted by Gasteiger charge is 2.24. The maximum Gasteiger partial charge on any atom is 0.0936 e. The predicted octanol–water partition coefficient (Wildman–Crippen LogP) is 1.67. The number of epoxide rings is 1. The van der Waals surface area contributed by atoms with Gasteiger partial charge in [-0.05, 0) is 13.0 Å². The van der Waals surface area contributed by atoms with Crippen LogP contribution >= 0.6 is 0 Å². The normalized spacial score (nSPS) is 21.3. The lowest BCUT2D eigenvalue weighted by Crippen LogP contribution is -2.29. The van der Waals surface area contributed by atoms with E-state index in [1.165, 1.54) is 19.4 Å². The lowest BCUT2D eigenvalue weighted by Gasteiger charge is -2.18. The van der Waals surface area contributed by atoms with E-state index >= 15 is 0 Å². The lowest BCUT2D eigenvalue weighted by molar-refractivity contribution is 0.259. The van der Waals surface area contributed by atoms with Crippen LogP contribution in [0.4, 0.5) is 0 Å². The average molecular weight is 169 g/mol. The van der Waals surface area contributed by atoms with Gasteiger partial charge in [-0.15, -0.1) is 6.58 Å². The summed E-state index contributed by atoms with van der Waals surface area (Å²) in [6.45, 7) is 10.2. The molecular weight excluding hydrogens is 150 g/mol. The molecule has 0 radical (unpaired) electrons. The first-order valence-corrected chi connectivity index (χ1v) is 4.81. The van der Waals surface area contributed by atoms with Crippen LogP contribution in [0.2, 0.25) is 0 Å². The molecule has 1 aliphatic heterocycles. The Balaban J connectivity index is 2.11. The first-order valence-electron chi connectivity index (χ1n) is 4.81. The average Bonchev–Trinajstić information content (AvgIpc) is 2.84. The van der Waals surface area contributed by atoms with Crippen LogP contribution in [0.5, 0.6) is 0 Å². The van der Waals surface area contributed by atoms with Crippen LogP contribution in [-0.2, 0) is 4.74 Å². The summed E-state index contributed by atoms with van der Waals surface area (Å²) in [6.07, 6.45) is 5.03. The van der Waals surface area contributed by atoms with Gasteiger partial charge < -0.3 is 4.74 Å². The summed E-state index contributed by atoms with van der Waals surface area (Å²) in [4.78, 5) is 2.41. The van der Waals surface area contributed by atoms with E-state index in [0.29, 0.717) is 6.10 Å². The van der Waals surface area contributed by atoms with Crippen molar-refractivity contribution in [3.8, 4) is 0 Å². The van der Waals surface area contributed by atoms with Crippen molar-refractivity contribution in [1.82, 2.24) is 4.90 Å². The standard InChI is InChI=1S/C10H19NO/c1-3-5-7-11(6-4-2)8-10-9-12-10/h4,10H,2-3,5-9H2,1H3. The number of hydrogen-bond donors (Lipinski definition) is 0. The van der Waals surface area contributed by atoms with Crippen LogP contribution in [0.3, 0.4) is 0 Å². The Kier molecular flexibility index (Phi) is 4.33. The highest BCUT2D eigenvalue weighted by Crippen LogP contribution is 2.11. The molecule has 1 aliphatic rings. The fourth-order valence-electron chi connectivity index (χ4n) is 1.28. The zero-order valence-electron chi connectivity index (χ0n) is 7.96. The Morgan fingerprint density at radius 2 is 2.42 bits per heavy atom. The van der Waals surface area contributed by atoms with Gasteiger partial charge in [0.25, 0.3) is 0 Å². The molecule has 0 aliphatic carbocycles. The van der Waals surface area contributed by atoms with Gasteiger partial charge in [0.15, 0.2) is 0 Å². The van der Waals surface area contributed by atoms with Gasteiger partial charge in [0.05, 0.1) is 12.7 Å². The monoisotopic (exact) mass is 169 g/mol. The molecule has 70 valence electrons.